The summed E-state index contributed by atoms with van der Waals surface area (Å²) >= 11 is 0. The van der Waals surface area contributed by atoms with Gasteiger partial charge in [-0.15, -0.1) is 0 Å². The highest BCUT2D eigenvalue weighted by molar-refractivity contribution is 5.30. The molecule has 0 saturated heterocycles. The minimum Gasteiger partial charge on any atom is -0.300 e. The van der Waals surface area contributed by atoms with Gasteiger partial charge in [-0.3, -0.25) is 14.7 Å². The van der Waals surface area contributed by atoms with Gasteiger partial charge in [0.05, 0.1) is 0 Å². The molecule has 0 atom stereocenters. The first-order valence-electron chi connectivity index (χ1n) is 9.88. The molecule has 3 heteroatoms. The van der Waals surface area contributed by atoms with Gasteiger partial charge in [0.15, 0.2) is 0 Å². The lowest BCUT2D eigenvalue weighted by atomic mass is 10.0. The van der Waals surface area contributed by atoms with E-state index in [4.69, 9.17) is 0 Å². The molecular weight excluding hydrogens is 294 g/mol. The van der Waals surface area contributed by atoms with Crippen molar-refractivity contribution in [2.45, 2.75) is 61.2 Å². The molecule has 1 aromatic rings. The second-order valence-electron chi connectivity index (χ2n) is 6.54. The summed E-state index contributed by atoms with van der Waals surface area (Å²) < 4.78 is 0. The molecule has 0 spiro atoms. The van der Waals surface area contributed by atoms with Gasteiger partial charge < -0.3 is 0 Å². The van der Waals surface area contributed by atoms with E-state index in [-0.39, 0.29) is 0 Å². The van der Waals surface area contributed by atoms with Gasteiger partial charge in [-0.05, 0) is 56.0 Å². The van der Waals surface area contributed by atoms with Crippen LogP contribution < -0.4 is 0 Å². The molecule has 0 N–H and O–H groups in total. The number of hydrogen-bond donors (Lipinski definition) is 0. The molecule has 0 aliphatic carbocycles. The fraction of sp³-hybridized carbons (Fsp3) is 0.714. The first-order chi connectivity index (χ1) is 11.6. The van der Waals surface area contributed by atoms with Crippen LogP contribution in [-0.4, -0.2) is 54.0 Å². The van der Waals surface area contributed by atoms with Crippen molar-refractivity contribution in [2.24, 2.45) is 0 Å². The van der Waals surface area contributed by atoms with Crippen LogP contribution in [0.5, 0.6) is 0 Å². The first-order valence-corrected chi connectivity index (χ1v) is 9.88. The van der Waals surface area contributed by atoms with E-state index in [2.05, 4.69) is 74.4 Å². The molecule has 3 nitrogen and oxygen atoms in total. The number of rotatable bonds is 12. The lowest BCUT2D eigenvalue weighted by Gasteiger charge is -2.23. The van der Waals surface area contributed by atoms with Crippen molar-refractivity contribution in [3.8, 4) is 0 Å². The molecule has 0 aliphatic heterocycles. The van der Waals surface area contributed by atoms with Gasteiger partial charge >= 0.3 is 0 Å². The van der Waals surface area contributed by atoms with E-state index < -0.39 is 0 Å². The third-order valence-electron chi connectivity index (χ3n) is 5.01. The Morgan fingerprint density at radius 2 is 0.667 bits per heavy atom. The Balaban J connectivity index is 3.03. The maximum Gasteiger partial charge on any atom is 0.0233 e. The predicted molar refractivity (Wildman–Crippen MR) is 106 cm³/mol. The third-order valence-corrected chi connectivity index (χ3v) is 5.01. The molecule has 0 aromatic heterocycles. The summed E-state index contributed by atoms with van der Waals surface area (Å²) in [6.07, 6.45) is 0. The van der Waals surface area contributed by atoms with Crippen LogP contribution in [0.3, 0.4) is 0 Å². The van der Waals surface area contributed by atoms with E-state index >= 15 is 0 Å². The normalized spacial score (nSPS) is 11.9. The minimum atomic E-state index is 1.06. The van der Waals surface area contributed by atoms with Gasteiger partial charge in [0.25, 0.3) is 0 Å². The molecule has 0 radical (unpaired) electrons. The lowest BCUT2D eigenvalue weighted by molar-refractivity contribution is 0.286. The van der Waals surface area contributed by atoms with Crippen LogP contribution in [-0.2, 0) is 19.6 Å². The highest BCUT2D eigenvalue weighted by Gasteiger charge is 2.09. The van der Waals surface area contributed by atoms with Crippen LogP contribution in [0, 0.1) is 0 Å². The minimum absolute atomic E-state index is 1.06. The van der Waals surface area contributed by atoms with Gasteiger partial charge in [-0.1, -0.05) is 59.7 Å². The summed E-state index contributed by atoms with van der Waals surface area (Å²) in [5.74, 6) is 0. The Bertz CT molecular complexity index is 367. The molecule has 1 aromatic carbocycles. The highest BCUT2D eigenvalue weighted by Crippen LogP contribution is 2.16. The van der Waals surface area contributed by atoms with Crippen molar-refractivity contribution in [3.05, 3.63) is 34.9 Å². The second kappa shape index (κ2) is 11.6. The molecule has 0 aliphatic rings. The zero-order chi connectivity index (χ0) is 17.9. The average Bonchev–Trinajstić information content (AvgIpc) is 2.61. The van der Waals surface area contributed by atoms with Crippen LogP contribution in [0.1, 0.15) is 58.2 Å². The van der Waals surface area contributed by atoms with Crippen LogP contribution in [0.4, 0.5) is 0 Å². The van der Waals surface area contributed by atoms with E-state index in [0.29, 0.717) is 0 Å². The largest absolute Gasteiger partial charge is 0.300 e. The zero-order valence-corrected chi connectivity index (χ0v) is 16.9. The Hall–Kier alpha value is -0.900. The summed E-state index contributed by atoms with van der Waals surface area (Å²) in [5.41, 5.74) is 4.39. The molecule has 0 fully saturated rings. The Kier molecular flexibility index (Phi) is 10.2. The van der Waals surface area contributed by atoms with Crippen LogP contribution in [0.15, 0.2) is 18.2 Å². The quantitative estimate of drug-likeness (QED) is 0.567. The van der Waals surface area contributed by atoms with Crippen molar-refractivity contribution >= 4 is 0 Å². The van der Waals surface area contributed by atoms with E-state index in [1.54, 1.807) is 0 Å². The zero-order valence-electron chi connectivity index (χ0n) is 16.9. The predicted octanol–water partition coefficient (Wildman–Crippen LogP) is 4.21. The summed E-state index contributed by atoms with van der Waals surface area (Å²) in [4.78, 5) is 7.49. The topological polar surface area (TPSA) is 9.72 Å². The molecule has 1 rings (SSSR count). The van der Waals surface area contributed by atoms with Crippen LogP contribution in [0.25, 0.3) is 0 Å². The molecule has 0 unspecified atom stereocenters. The number of hydrogen-bond acceptors (Lipinski definition) is 3. The van der Waals surface area contributed by atoms with Gasteiger partial charge in [0.1, 0.15) is 0 Å². The van der Waals surface area contributed by atoms with Gasteiger partial charge in [-0.2, -0.15) is 0 Å². The van der Waals surface area contributed by atoms with E-state index in [1.165, 1.54) is 16.7 Å². The van der Waals surface area contributed by atoms with Crippen LogP contribution in [0.2, 0.25) is 0 Å². The summed E-state index contributed by atoms with van der Waals surface area (Å²) in [6.45, 7) is 23.4. The first kappa shape index (κ1) is 21.1. The highest BCUT2D eigenvalue weighted by atomic mass is 15.1. The molecular formula is C21H39N3. The third kappa shape index (κ3) is 6.92. The molecule has 138 valence electrons. The van der Waals surface area contributed by atoms with Crippen molar-refractivity contribution in [1.82, 2.24) is 14.7 Å². The van der Waals surface area contributed by atoms with Crippen molar-refractivity contribution in [1.29, 1.82) is 0 Å². The molecule has 24 heavy (non-hydrogen) atoms. The average molecular weight is 334 g/mol. The van der Waals surface area contributed by atoms with Crippen molar-refractivity contribution in [2.75, 3.05) is 39.3 Å². The number of nitrogens with zero attached hydrogens (tertiary/aromatic N) is 3. The molecule has 0 bridgehead atoms. The van der Waals surface area contributed by atoms with E-state index in [9.17, 15) is 0 Å². The standard InChI is InChI=1S/C21H39N3/c1-7-22(8-2)16-19-13-20(17-23(9-3)10-4)15-21(14-19)18-24(11-5)12-6/h13-15H,7-12,16-18H2,1-6H3. The van der Waals surface area contributed by atoms with Crippen LogP contribution >= 0.6 is 0 Å². The maximum atomic E-state index is 2.50. The fourth-order valence-corrected chi connectivity index (χ4v) is 3.23. The van der Waals surface area contributed by atoms with Crippen molar-refractivity contribution < 1.29 is 0 Å². The monoisotopic (exact) mass is 333 g/mol. The molecule has 0 saturated carbocycles. The van der Waals surface area contributed by atoms with Gasteiger partial charge in [0.2, 0.25) is 0 Å². The smallest absolute Gasteiger partial charge is 0.0233 e. The summed E-state index contributed by atoms with van der Waals surface area (Å²) in [6, 6.07) is 7.26. The van der Waals surface area contributed by atoms with E-state index in [0.717, 1.165) is 58.9 Å². The van der Waals surface area contributed by atoms with Gasteiger partial charge in [0, 0.05) is 19.6 Å². The van der Waals surface area contributed by atoms with E-state index in [1.807, 2.05) is 0 Å². The molecule has 0 amide bonds. The Morgan fingerprint density at radius 1 is 0.458 bits per heavy atom. The van der Waals surface area contributed by atoms with Crippen molar-refractivity contribution in [3.63, 3.8) is 0 Å². The SMILES string of the molecule is CCN(CC)Cc1cc(CN(CC)CC)cc(CN(CC)CC)c1. The van der Waals surface area contributed by atoms with Gasteiger partial charge in [-0.25, -0.2) is 0 Å². The Labute approximate surface area is 150 Å². The lowest BCUT2D eigenvalue weighted by Crippen LogP contribution is -2.25. The maximum absolute atomic E-state index is 2.50. The summed E-state index contributed by atoms with van der Waals surface area (Å²) in [5, 5.41) is 0. The fourth-order valence-electron chi connectivity index (χ4n) is 3.23. The Morgan fingerprint density at radius 3 is 0.833 bits per heavy atom. The second-order valence-corrected chi connectivity index (χ2v) is 6.54. The summed E-state index contributed by atoms with van der Waals surface area (Å²) in [7, 11) is 0. The number of benzene rings is 1. The molecule has 0 heterocycles.